The van der Waals surface area contributed by atoms with Crippen LogP contribution in [0.5, 0.6) is 11.5 Å². The molecule has 2 aliphatic rings. The largest absolute Gasteiger partial charge is 0.454 e. The lowest BCUT2D eigenvalue weighted by Gasteiger charge is -2.26. The van der Waals surface area contributed by atoms with Gasteiger partial charge in [0.15, 0.2) is 11.5 Å². The number of carbonyl (C=O) groups excluding carboxylic acids is 1. The SMILES string of the molecule is CC(NC(=O)CCC1CCCN1c1ccnc(-n2ccnc2)n1)c1ccc2c(c1)OCO2. The van der Waals surface area contributed by atoms with Crippen molar-refractivity contribution in [1.82, 2.24) is 24.8 Å². The first kappa shape index (κ1) is 20.3. The molecule has 1 amide bonds. The Bertz CT molecular complexity index is 1090. The number of carbonyl (C=O) groups is 1. The van der Waals surface area contributed by atoms with Crippen LogP contribution in [-0.2, 0) is 4.79 Å². The zero-order chi connectivity index (χ0) is 21.9. The third kappa shape index (κ3) is 4.23. The molecule has 3 aromatic rings. The smallest absolute Gasteiger partial charge is 0.236 e. The molecule has 0 saturated carbocycles. The highest BCUT2D eigenvalue weighted by Gasteiger charge is 2.27. The average molecular weight is 435 g/mol. The Labute approximate surface area is 186 Å². The molecule has 1 fully saturated rings. The number of aromatic nitrogens is 4. The summed E-state index contributed by atoms with van der Waals surface area (Å²) in [4.78, 5) is 28.0. The predicted octanol–water partition coefficient (Wildman–Crippen LogP) is 3.02. The molecule has 32 heavy (non-hydrogen) atoms. The molecule has 2 atom stereocenters. The Morgan fingerprint density at radius 2 is 2.16 bits per heavy atom. The first-order chi connectivity index (χ1) is 15.7. The molecule has 1 aromatic carbocycles. The summed E-state index contributed by atoms with van der Waals surface area (Å²) in [5.41, 5.74) is 0.998. The van der Waals surface area contributed by atoms with Gasteiger partial charge in [-0.25, -0.2) is 9.97 Å². The van der Waals surface area contributed by atoms with E-state index in [0.717, 1.165) is 48.7 Å². The van der Waals surface area contributed by atoms with Crippen molar-refractivity contribution >= 4 is 11.7 Å². The van der Waals surface area contributed by atoms with Gasteiger partial charge >= 0.3 is 0 Å². The van der Waals surface area contributed by atoms with Gasteiger partial charge in [-0.05, 0) is 49.9 Å². The monoisotopic (exact) mass is 434 g/mol. The zero-order valence-electron chi connectivity index (χ0n) is 18.0. The van der Waals surface area contributed by atoms with E-state index in [2.05, 4.69) is 20.2 Å². The Hall–Kier alpha value is -3.62. The summed E-state index contributed by atoms with van der Waals surface area (Å²) in [6.45, 7) is 3.16. The molecule has 166 valence electrons. The summed E-state index contributed by atoms with van der Waals surface area (Å²) in [6, 6.07) is 7.89. The molecule has 2 unspecified atom stereocenters. The van der Waals surface area contributed by atoms with Crippen molar-refractivity contribution in [3.63, 3.8) is 0 Å². The molecule has 9 heteroatoms. The van der Waals surface area contributed by atoms with Crippen LogP contribution < -0.4 is 19.7 Å². The molecule has 1 saturated heterocycles. The van der Waals surface area contributed by atoms with Gasteiger partial charge in [-0.15, -0.1) is 0 Å². The number of benzene rings is 1. The van der Waals surface area contributed by atoms with E-state index in [-0.39, 0.29) is 24.8 Å². The van der Waals surface area contributed by atoms with Crippen LogP contribution in [0, 0.1) is 0 Å². The van der Waals surface area contributed by atoms with E-state index in [0.29, 0.717) is 12.4 Å². The standard InChI is InChI=1S/C23H26N6O3/c1-16(17-4-6-19-20(13-17)32-15-31-19)26-22(30)7-5-18-3-2-11-29(18)21-8-9-25-23(27-21)28-12-10-24-14-28/h4,6,8-10,12-14,16,18H,2-3,5,7,11,15H2,1H3,(H,26,30). The highest BCUT2D eigenvalue weighted by molar-refractivity contribution is 5.76. The maximum absolute atomic E-state index is 12.6. The van der Waals surface area contributed by atoms with Gasteiger partial charge in [0, 0.05) is 37.6 Å². The van der Waals surface area contributed by atoms with Crippen molar-refractivity contribution in [2.24, 2.45) is 0 Å². The number of ether oxygens (including phenoxy) is 2. The van der Waals surface area contributed by atoms with Crippen molar-refractivity contribution in [2.75, 3.05) is 18.2 Å². The van der Waals surface area contributed by atoms with Crippen LogP contribution in [-0.4, -0.2) is 44.8 Å². The Kier molecular flexibility index (Phi) is 5.62. The van der Waals surface area contributed by atoms with Crippen LogP contribution >= 0.6 is 0 Å². The fourth-order valence-corrected chi connectivity index (χ4v) is 4.32. The second-order valence-corrected chi connectivity index (χ2v) is 8.11. The molecule has 0 aliphatic carbocycles. The van der Waals surface area contributed by atoms with Crippen LogP contribution in [0.25, 0.3) is 5.95 Å². The van der Waals surface area contributed by atoms with Crippen molar-refractivity contribution in [3.05, 3.63) is 54.7 Å². The van der Waals surface area contributed by atoms with E-state index < -0.39 is 0 Å². The van der Waals surface area contributed by atoms with E-state index in [1.807, 2.05) is 37.4 Å². The summed E-state index contributed by atoms with van der Waals surface area (Å²) in [5, 5.41) is 3.10. The highest BCUT2D eigenvalue weighted by Crippen LogP contribution is 2.34. The normalized spacial score (nSPS) is 18.0. The topological polar surface area (TPSA) is 94.4 Å². The minimum absolute atomic E-state index is 0.0452. The summed E-state index contributed by atoms with van der Waals surface area (Å²) < 4.78 is 12.6. The quantitative estimate of drug-likeness (QED) is 0.611. The van der Waals surface area contributed by atoms with Crippen LogP contribution in [0.4, 0.5) is 5.82 Å². The van der Waals surface area contributed by atoms with Gasteiger partial charge in [-0.1, -0.05) is 6.07 Å². The van der Waals surface area contributed by atoms with E-state index in [1.54, 1.807) is 23.3 Å². The summed E-state index contributed by atoms with van der Waals surface area (Å²) in [5.74, 6) is 3.00. The number of nitrogens with zero attached hydrogens (tertiary/aromatic N) is 5. The van der Waals surface area contributed by atoms with E-state index in [4.69, 9.17) is 14.5 Å². The molecule has 2 aromatic heterocycles. The second-order valence-electron chi connectivity index (χ2n) is 8.11. The number of nitrogens with one attached hydrogen (secondary N) is 1. The minimum Gasteiger partial charge on any atom is -0.454 e. The van der Waals surface area contributed by atoms with Gasteiger partial charge in [0.05, 0.1) is 6.04 Å². The van der Waals surface area contributed by atoms with Gasteiger partial charge < -0.3 is 19.7 Å². The van der Waals surface area contributed by atoms with Gasteiger partial charge in [0.1, 0.15) is 12.1 Å². The Balaban J connectivity index is 1.18. The zero-order valence-corrected chi connectivity index (χ0v) is 18.0. The molecule has 9 nitrogen and oxygen atoms in total. The molecule has 0 radical (unpaired) electrons. The first-order valence-electron chi connectivity index (χ1n) is 10.9. The maximum Gasteiger partial charge on any atom is 0.236 e. The van der Waals surface area contributed by atoms with Crippen molar-refractivity contribution in [2.45, 2.75) is 44.7 Å². The number of rotatable bonds is 7. The van der Waals surface area contributed by atoms with E-state index in [9.17, 15) is 4.79 Å². The van der Waals surface area contributed by atoms with Crippen LogP contribution in [0.1, 0.15) is 44.2 Å². The van der Waals surface area contributed by atoms with Crippen molar-refractivity contribution in [1.29, 1.82) is 0 Å². The first-order valence-corrected chi connectivity index (χ1v) is 10.9. The lowest BCUT2D eigenvalue weighted by atomic mass is 10.1. The van der Waals surface area contributed by atoms with Crippen LogP contribution in [0.2, 0.25) is 0 Å². The molecule has 0 bridgehead atoms. The molecular weight excluding hydrogens is 408 g/mol. The molecule has 4 heterocycles. The number of hydrogen-bond donors (Lipinski definition) is 1. The van der Waals surface area contributed by atoms with Crippen LogP contribution in [0.15, 0.2) is 49.2 Å². The Morgan fingerprint density at radius 1 is 1.25 bits per heavy atom. The van der Waals surface area contributed by atoms with Gasteiger partial charge in [0.2, 0.25) is 18.6 Å². The lowest BCUT2D eigenvalue weighted by molar-refractivity contribution is -0.121. The summed E-state index contributed by atoms with van der Waals surface area (Å²) in [6.07, 6.45) is 10.4. The average Bonchev–Trinajstić information content (AvgIpc) is 3.59. The second kappa shape index (κ2) is 8.86. The molecule has 1 N–H and O–H groups in total. The molecular formula is C23H26N6O3. The third-order valence-corrected chi connectivity index (χ3v) is 6.01. The summed E-state index contributed by atoms with van der Waals surface area (Å²) >= 11 is 0. The fourth-order valence-electron chi connectivity index (χ4n) is 4.32. The fraction of sp³-hybridized carbons (Fsp3) is 0.391. The van der Waals surface area contributed by atoms with E-state index in [1.165, 1.54) is 0 Å². The number of anilines is 1. The van der Waals surface area contributed by atoms with Gasteiger partial charge in [0.25, 0.3) is 0 Å². The van der Waals surface area contributed by atoms with E-state index >= 15 is 0 Å². The Morgan fingerprint density at radius 3 is 3.03 bits per heavy atom. The number of imidazole rings is 1. The molecule has 5 rings (SSSR count). The predicted molar refractivity (Wildman–Crippen MR) is 118 cm³/mol. The third-order valence-electron chi connectivity index (χ3n) is 6.01. The highest BCUT2D eigenvalue weighted by atomic mass is 16.7. The van der Waals surface area contributed by atoms with Crippen molar-refractivity contribution < 1.29 is 14.3 Å². The maximum atomic E-state index is 12.6. The minimum atomic E-state index is -0.101. The van der Waals surface area contributed by atoms with Crippen molar-refractivity contribution in [3.8, 4) is 17.4 Å². The molecule has 0 spiro atoms. The number of hydrogen-bond acceptors (Lipinski definition) is 7. The van der Waals surface area contributed by atoms with Gasteiger partial charge in [-0.3, -0.25) is 9.36 Å². The summed E-state index contributed by atoms with van der Waals surface area (Å²) in [7, 11) is 0. The van der Waals surface area contributed by atoms with Crippen LogP contribution in [0.3, 0.4) is 0 Å². The molecule has 2 aliphatic heterocycles. The number of amides is 1. The lowest BCUT2D eigenvalue weighted by Crippen LogP contribution is -2.33. The number of fused-ring (bicyclic) bond motifs is 1. The van der Waals surface area contributed by atoms with Gasteiger partial charge in [-0.2, -0.15) is 4.98 Å².